The molecule has 0 spiro atoms. The topological polar surface area (TPSA) is 80.4 Å². The number of benzene rings is 1. The molecule has 2 unspecified atom stereocenters. The molecule has 0 saturated heterocycles. The van der Waals surface area contributed by atoms with E-state index in [1.54, 1.807) is 6.07 Å². The summed E-state index contributed by atoms with van der Waals surface area (Å²) in [5.41, 5.74) is 7.26. The van der Waals surface area contributed by atoms with Crippen LogP contribution in [0.25, 0.3) is 0 Å². The van der Waals surface area contributed by atoms with E-state index in [2.05, 4.69) is 0 Å². The van der Waals surface area contributed by atoms with Crippen molar-refractivity contribution in [2.45, 2.75) is 30.4 Å². The van der Waals surface area contributed by atoms with Crippen LogP contribution in [-0.2, 0) is 15.6 Å². The second-order valence-corrected chi connectivity index (χ2v) is 5.57. The molecule has 0 saturated carbocycles. The Hall–Kier alpha value is -1.20. The molecule has 0 radical (unpaired) electrons. The standard InChI is InChI=1S/C12H17NO3S/c1-8-3-4-10(9(2)7-8)17(16)11(5-6-13)12(14)15/h3-4,7,11H,5-6,13H2,1-2H3,(H,14,15). The maximum absolute atomic E-state index is 12.2. The van der Waals surface area contributed by atoms with Crippen molar-refractivity contribution in [2.75, 3.05) is 6.54 Å². The van der Waals surface area contributed by atoms with Gasteiger partial charge in [-0.25, -0.2) is 0 Å². The smallest absolute Gasteiger partial charge is 0.319 e. The summed E-state index contributed by atoms with van der Waals surface area (Å²) in [6.07, 6.45) is 0.218. The number of carbonyl (C=O) groups is 1. The monoisotopic (exact) mass is 255 g/mol. The van der Waals surface area contributed by atoms with Crippen LogP contribution in [0.15, 0.2) is 23.1 Å². The number of aliphatic carboxylic acids is 1. The molecular weight excluding hydrogens is 238 g/mol. The first-order valence-corrected chi connectivity index (χ1v) is 6.59. The van der Waals surface area contributed by atoms with Crippen molar-refractivity contribution in [3.05, 3.63) is 29.3 Å². The zero-order chi connectivity index (χ0) is 13.0. The number of aryl methyl sites for hydroxylation is 2. The van der Waals surface area contributed by atoms with E-state index < -0.39 is 22.0 Å². The van der Waals surface area contributed by atoms with Gasteiger partial charge in [-0.05, 0) is 38.4 Å². The van der Waals surface area contributed by atoms with Crippen molar-refractivity contribution >= 4 is 16.8 Å². The summed E-state index contributed by atoms with van der Waals surface area (Å²) in [6.45, 7) is 3.99. The van der Waals surface area contributed by atoms with Crippen LogP contribution in [0.5, 0.6) is 0 Å². The summed E-state index contributed by atoms with van der Waals surface area (Å²) >= 11 is 0. The fourth-order valence-corrected chi connectivity index (χ4v) is 3.07. The van der Waals surface area contributed by atoms with Gasteiger partial charge in [0.15, 0.2) is 0 Å². The first-order valence-electron chi connectivity index (χ1n) is 5.38. The fraction of sp³-hybridized carbons (Fsp3) is 0.417. The number of carboxylic acid groups (broad SMARTS) is 1. The Labute approximate surface area is 103 Å². The zero-order valence-electron chi connectivity index (χ0n) is 9.97. The Morgan fingerprint density at radius 2 is 2.12 bits per heavy atom. The van der Waals surface area contributed by atoms with Crippen molar-refractivity contribution in [3.63, 3.8) is 0 Å². The predicted molar refractivity (Wildman–Crippen MR) is 67.4 cm³/mol. The lowest BCUT2D eigenvalue weighted by molar-refractivity contribution is -0.136. The molecule has 0 bridgehead atoms. The molecule has 3 N–H and O–H groups in total. The highest BCUT2D eigenvalue weighted by molar-refractivity contribution is 7.86. The largest absolute Gasteiger partial charge is 0.480 e. The summed E-state index contributed by atoms with van der Waals surface area (Å²) in [7, 11) is -1.55. The first kappa shape index (κ1) is 13.9. The van der Waals surface area contributed by atoms with Gasteiger partial charge in [0.2, 0.25) is 0 Å². The van der Waals surface area contributed by atoms with Crippen molar-refractivity contribution in [2.24, 2.45) is 5.73 Å². The molecule has 94 valence electrons. The molecule has 0 fully saturated rings. The summed E-state index contributed by atoms with van der Waals surface area (Å²) in [6, 6.07) is 5.46. The lowest BCUT2D eigenvalue weighted by atomic mass is 10.2. The van der Waals surface area contributed by atoms with E-state index in [1.807, 2.05) is 26.0 Å². The van der Waals surface area contributed by atoms with Gasteiger partial charge in [0, 0.05) is 4.90 Å². The predicted octanol–water partition coefficient (Wildman–Crippen LogP) is 1.21. The van der Waals surface area contributed by atoms with E-state index in [0.29, 0.717) is 4.90 Å². The van der Waals surface area contributed by atoms with Crippen molar-refractivity contribution < 1.29 is 14.1 Å². The normalized spacial score (nSPS) is 14.3. The lowest BCUT2D eigenvalue weighted by Gasteiger charge is -2.13. The third-order valence-corrected chi connectivity index (χ3v) is 4.36. The van der Waals surface area contributed by atoms with E-state index in [4.69, 9.17) is 10.8 Å². The third-order valence-electron chi connectivity index (χ3n) is 2.51. The number of nitrogens with two attached hydrogens (primary N) is 1. The Bertz CT molecular complexity index is 445. The minimum absolute atomic E-state index is 0.216. The Balaban J connectivity index is 3.05. The van der Waals surface area contributed by atoms with Crippen molar-refractivity contribution in [1.29, 1.82) is 0 Å². The zero-order valence-corrected chi connectivity index (χ0v) is 10.8. The Kier molecular flexibility index (Phi) is 4.84. The van der Waals surface area contributed by atoms with Crippen molar-refractivity contribution in [3.8, 4) is 0 Å². The van der Waals surface area contributed by atoms with Gasteiger partial charge in [-0.15, -0.1) is 0 Å². The molecule has 0 aromatic heterocycles. The second-order valence-electron chi connectivity index (χ2n) is 3.97. The van der Waals surface area contributed by atoms with Crippen LogP contribution in [0.3, 0.4) is 0 Å². The quantitative estimate of drug-likeness (QED) is 0.828. The lowest BCUT2D eigenvalue weighted by Crippen LogP contribution is -2.28. The second kappa shape index (κ2) is 5.93. The summed E-state index contributed by atoms with van der Waals surface area (Å²) in [5.74, 6) is -1.06. The van der Waals surface area contributed by atoms with Crippen LogP contribution in [0, 0.1) is 13.8 Å². The van der Waals surface area contributed by atoms with Gasteiger partial charge in [0.25, 0.3) is 0 Å². The first-order chi connectivity index (χ1) is 7.97. The molecule has 0 heterocycles. The van der Waals surface area contributed by atoms with Crippen LogP contribution >= 0.6 is 0 Å². The van der Waals surface area contributed by atoms with E-state index in [9.17, 15) is 9.00 Å². The molecule has 1 rings (SSSR count). The van der Waals surface area contributed by atoms with Gasteiger partial charge in [0.05, 0.1) is 10.8 Å². The van der Waals surface area contributed by atoms with Gasteiger partial charge >= 0.3 is 5.97 Å². The molecule has 4 nitrogen and oxygen atoms in total. The Morgan fingerprint density at radius 3 is 2.59 bits per heavy atom. The summed E-state index contributed by atoms with van der Waals surface area (Å²) in [4.78, 5) is 11.6. The van der Waals surface area contributed by atoms with Crippen molar-refractivity contribution in [1.82, 2.24) is 0 Å². The molecule has 1 aromatic carbocycles. The highest BCUT2D eigenvalue weighted by Gasteiger charge is 2.26. The van der Waals surface area contributed by atoms with Crippen LogP contribution in [0.2, 0.25) is 0 Å². The average molecular weight is 255 g/mol. The SMILES string of the molecule is Cc1ccc(S(=O)C(CCN)C(=O)O)c(C)c1. The molecule has 0 aliphatic rings. The van der Waals surface area contributed by atoms with E-state index in [1.165, 1.54) is 0 Å². The highest BCUT2D eigenvalue weighted by atomic mass is 32.2. The van der Waals surface area contributed by atoms with E-state index in [0.717, 1.165) is 11.1 Å². The van der Waals surface area contributed by atoms with Crippen LogP contribution in [-0.4, -0.2) is 27.1 Å². The van der Waals surface area contributed by atoms with Gasteiger partial charge in [-0.2, -0.15) is 0 Å². The van der Waals surface area contributed by atoms with Gasteiger partial charge < -0.3 is 10.8 Å². The number of carboxylic acids is 1. The van der Waals surface area contributed by atoms with Crippen LogP contribution in [0.1, 0.15) is 17.5 Å². The fourth-order valence-electron chi connectivity index (χ4n) is 1.65. The summed E-state index contributed by atoms with van der Waals surface area (Å²) in [5, 5.41) is 8.10. The molecule has 0 amide bonds. The van der Waals surface area contributed by atoms with E-state index in [-0.39, 0.29) is 13.0 Å². The minimum Gasteiger partial charge on any atom is -0.480 e. The van der Waals surface area contributed by atoms with Gasteiger partial charge in [-0.3, -0.25) is 9.00 Å². The molecule has 0 aliphatic heterocycles. The van der Waals surface area contributed by atoms with Gasteiger partial charge in [0.1, 0.15) is 5.25 Å². The van der Waals surface area contributed by atoms with Crippen LogP contribution in [0.4, 0.5) is 0 Å². The molecule has 0 aliphatic carbocycles. The maximum atomic E-state index is 12.2. The number of hydrogen-bond acceptors (Lipinski definition) is 3. The molecule has 1 aromatic rings. The third kappa shape index (κ3) is 3.38. The highest BCUT2D eigenvalue weighted by Crippen LogP contribution is 2.19. The number of hydrogen-bond donors (Lipinski definition) is 2. The minimum atomic E-state index is -1.55. The van der Waals surface area contributed by atoms with Crippen LogP contribution < -0.4 is 5.73 Å². The average Bonchev–Trinajstić information content (AvgIpc) is 2.24. The molecule has 5 heteroatoms. The maximum Gasteiger partial charge on any atom is 0.319 e. The van der Waals surface area contributed by atoms with E-state index >= 15 is 0 Å². The molecule has 17 heavy (non-hydrogen) atoms. The Morgan fingerprint density at radius 1 is 1.47 bits per heavy atom. The molecular formula is C12H17NO3S. The molecule has 2 atom stereocenters. The summed E-state index contributed by atoms with van der Waals surface area (Å²) < 4.78 is 12.2. The number of rotatable bonds is 5. The van der Waals surface area contributed by atoms with Gasteiger partial charge in [-0.1, -0.05) is 17.7 Å².